The molecule has 2 aliphatic heterocycles. The van der Waals surface area contributed by atoms with Crippen LogP contribution in [-0.2, 0) is 10.2 Å². The number of nitrogens with one attached hydrogen (secondary N) is 1. The van der Waals surface area contributed by atoms with Crippen molar-refractivity contribution in [1.29, 1.82) is 0 Å². The number of rotatable bonds is 1. The molecule has 1 saturated heterocycles. The number of thiophene rings is 1. The lowest BCUT2D eigenvalue weighted by molar-refractivity contribution is 0.0352. The summed E-state index contributed by atoms with van der Waals surface area (Å²) in [5.74, 6) is -0.237. The highest BCUT2D eigenvalue weighted by Gasteiger charge is 2.53. The molecule has 2 aromatic heterocycles. The fourth-order valence-electron chi connectivity index (χ4n) is 4.84. The zero-order chi connectivity index (χ0) is 18.1. The van der Waals surface area contributed by atoms with Crippen LogP contribution in [0.2, 0.25) is 0 Å². The Kier molecular flexibility index (Phi) is 3.29. The third-order valence-corrected chi connectivity index (χ3v) is 6.84. The van der Waals surface area contributed by atoms with Crippen molar-refractivity contribution in [3.05, 3.63) is 47.2 Å². The number of fused-ring (bicyclic) bond motifs is 4. The Balaban J connectivity index is 1.76. The van der Waals surface area contributed by atoms with Crippen LogP contribution in [0.25, 0.3) is 21.3 Å². The van der Waals surface area contributed by atoms with Gasteiger partial charge in [-0.3, -0.25) is 4.98 Å². The van der Waals surface area contributed by atoms with Gasteiger partial charge in [0, 0.05) is 39.6 Å². The predicted octanol–water partition coefficient (Wildman–Crippen LogP) is 5.35. The van der Waals surface area contributed by atoms with Crippen molar-refractivity contribution in [3.8, 4) is 11.3 Å². The molecule has 26 heavy (non-hydrogen) atoms. The normalized spacial score (nSPS) is 26.4. The molecule has 0 radical (unpaired) electrons. The SMILES string of the molecule is CC1(C)Nc2cc(F)c(-c3nccc4sccc34)cc2C2(C)CCOC12. The number of aromatic nitrogens is 1. The lowest BCUT2D eigenvalue weighted by atomic mass is 9.67. The van der Waals surface area contributed by atoms with Crippen molar-refractivity contribution in [1.82, 2.24) is 4.98 Å². The van der Waals surface area contributed by atoms with Crippen molar-refractivity contribution in [2.24, 2.45) is 0 Å². The molecule has 5 heteroatoms. The number of pyridine rings is 1. The number of benzene rings is 1. The molecule has 0 bridgehead atoms. The second-order valence-corrected chi connectivity index (χ2v) is 9.08. The topological polar surface area (TPSA) is 34.2 Å². The Hall–Kier alpha value is -1.98. The number of halogens is 1. The van der Waals surface area contributed by atoms with E-state index in [1.54, 1.807) is 23.6 Å². The molecular formula is C21H21FN2OS. The van der Waals surface area contributed by atoms with Crippen LogP contribution in [0.15, 0.2) is 35.8 Å². The quantitative estimate of drug-likeness (QED) is 0.628. The Morgan fingerprint density at radius 2 is 2.12 bits per heavy atom. The first-order valence-electron chi connectivity index (χ1n) is 8.96. The molecule has 2 aliphatic rings. The van der Waals surface area contributed by atoms with Crippen LogP contribution >= 0.6 is 11.3 Å². The zero-order valence-corrected chi connectivity index (χ0v) is 15.9. The molecule has 0 amide bonds. The molecule has 0 aliphatic carbocycles. The number of nitrogens with zero attached hydrogens (tertiary/aromatic N) is 1. The second kappa shape index (κ2) is 5.27. The first kappa shape index (κ1) is 16.2. The Morgan fingerprint density at radius 1 is 1.27 bits per heavy atom. The molecule has 134 valence electrons. The van der Waals surface area contributed by atoms with E-state index < -0.39 is 0 Å². The van der Waals surface area contributed by atoms with Crippen LogP contribution in [0, 0.1) is 5.82 Å². The van der Waals surface area contributed by atoms with Gasteiger partial charge in [-0.1, -0.05) is 6.92 Å². The highest BCUT2D eigenvalue weighted by atomic mass is 32.1. The maximum Gasteiger partial charge on any atom is 0.134 e. The smallest absolute Gasteiger partial charge is 0.134 e. The standard InChI is InChI=1S/C21H21FN2OS/c1-20(2)19-21(3,6-8-25-19)14-10-13(15(22)11-16(14)24-20)18-12-5-9-26-17(12)4-7-23-18/h4-5,7,9-11,19,24H,6,8H2,1-3H3. The summed E-state index contributed by atoms with van der Waals surface area (Å²) in [5.41, 5.74) is 2.92. The van der Waals surface area contributed by atoms with Crippen molar-refractivity contribution < 1.29 is 9.13 Å². The fraction of sp³-hybridized carbons (Fsp3) is 0.381. The Bertz CT molecular complexity index is 1030. The van der Waals surface area contributed by atoms with E-state index in [4.69, 9.17) is 4.74 Å². The fourth-order valence-corrected chi connectivity index (χ4v) is 5.62. The van der Waals surface area contributed by atoms with Gasteiger partial charge in [0.25, 0.3) is 0 Å². The van der Waals surface area contributed by atoms with Crippen LogP contribution in [0.5, 0.6) is 0 Å². The molecule has 2 atom stereocenters. The molecule has 3 nitrogen and oxygen atoms in total. The monoisotopic (exact) mass is 368 g/mol. The molecule has 4 heterocycles. The maximum absolute atomic E-state index is 15.1. The molecule has 2 unspecified atom stereocenters. The van der Waals surface area contributed by atoms with E-state index in [9.17, 15) is 0 Å². The maximum atomic E-state index is 15.1. The average Bonchev–Trinajstić information content (AvgIpc) is 3.21. The third kappa shape index (κ3) is 2.10. The van der Waals surface area contributed by atoms with Gasteiger partial charge in [0.05, 0.1) is 17.3 Å². The molecule has 0 spiro atoms. The van der Waals surface area contributed by atoms with Gasteiger partial charge in [-0.15, -0.1) is 11.3 Å². The number of ether oxygens (including phenoxy) is 1. The molecule has 1 aromatic carbocycles. The molecule has 1 N–H and O–H groups in total. The van der Waals surface area contributed by atoms with E-state index >= 15 is 4.39 Å². The lowest BCUT2D eigenvalue weighted by Gasteiger charge is -2.48. The first-order valence-corrected chi connectivity index (χ1v) is 9.84. The molecule has 0 saturated carbocycles. The van der Waals surface area contributed by atoms with E-state index in [0.29, 0.717) is 11.3 Å². The molecular weight excluding hydrogens is 347 g/mol. The van der Waals surface area contributed by atoms with Crippen LogP contribution in [0.1, 0.15) is 32.8 Å². The highest BCUT2D eigenvalue weighted by molar-refractivity contribution is 7.17. The van der Waals surface area contributed by atoms with Crippen LogP contribution in [0.4, 0.5) is 10.1 Å². The van der Waals surface area contributed by atoms with Crippen molar-refractivity contribution in [2.45, 2.75) is 44.2 Å². The number of hydrogen-bond donors (Lipinski definition) is 1. The summed E-state index contributed by atoms with van der Waals surface area (Å²) in [6.07, 6.45) is 2.76. The second-order valence-electron chi connectivity index (χ2n) is 8.13. The largest absolute Gasteiger partial charge is 0.377 e. The van der Waals surface area contributed by atoms with Gasteiger partial charge in [-0.2, -0.15) is 0 Å². The summed E-state index contributed by atoms with van der Waals surface area (Å²) >= 11 is 1.65. The van der Waals surface area contributed by atoms with Gasteiger partial charge in [0.2, 0.25) is 0 Å². The van der Waals surface area contributed by atoms with Crippen molar-refractivity contribution in [3.63, 3.8) is 0 Å². The van der Waals surface area contributed by atoms with E-state index in [2.05, 4.69) is 31.1 Å². The summed E-state index contributed by atoms with van der Waals surface area (Å²) in [5, 5.41) is 6.53. The first-order chi connectivity index (χ1) is 12.4. The molecule has 1 fully saturated rings. The zero-order valence-electron chi connectivity index (χ0n) is 15.1. The van der Waals surface area contributed by atoms with Gasteiger partial charge in [0.1, 0.15) is 5.82 Å². The molecule has 5 rings (SSSR count). The van der Waals surface area contributed by atoms with E-state index in [0.717, 1.165) is 34.4 Å². The summed E-state index contributed by atoms with van der Waals surface area (Å²) in [4.78, 5) is 4.51. The summed E-state index contributed by atoms with van der Waals surface area (Å²) in [6.45, 7) is 7.23. The van der Waals surface area contributed by atoms with Gasteiger partial charge in [-0.25, -0.2) is 4.39 Å². The van der Waals surface area contributed by atoms with Gasteiger partial charge in [-0.05, 0) is 55.5 Å². The number of anilines is 1. The minimum Gasteiger partial charge on any atom is -0.377 e. The summed E-state index contributed by atoms with van der Waals surface area (Å²) in [7, 11) is 0. The Morgan fingerprint density at radius 3 is 2.96 bits per heavy atom. The Labute approximate surface area is 156 Å². The van der Waals surface area contributed by atoms with E-state index in [-0.39, 0.29) is 22.9 Å². The van der Waals surface area contributed by atoms with Crippen LogP contribution < -0.4 is 5.32 Å². The predicted molar refractivity (Wildman–Crippen MR) is 104 cm³/mol. The van der Waals surface area contributed by atoms with Crippen molar-refractivity contribution >= 4 is 27.1 Å². The average molecular weight is 368 g/mol. The number of hydrogen-bond acceptors (Lipinski definition) is 4. The van der Waals surface area contributed by atoms with E-state index in [1.807, 2.05) is 23.6 Å². The van der Waals surface area contributed by atoms with Gasteiger partial charge >= 0.3 is 0 Å². The van der Waals surface area contributed by atoms with Crippen LogP contribution in [-0.4, -0.2) is 23.2 Å². The summed E-state index contributed by atoms with van der Waals surface area (Å²) < 4.78 is 22.3. The van der Waals surface area contributed by atoms with Crippen LogP contribution in [0.3, 0.4) is 0 Å². The van der Waals surface area contributed by atoms with Crippen molar-refractivity contribution in [2.75, 3.05) is 11.9 Å². The molecule has 3 aromatic rings. The minimum absolute atomic E-state index is 0.0608. The van der Waals surface area contributed by atoms with E-state index in [1.165, 1.54) is 0 Å². The highest BCUT2D eigenvalue weighted by Crippen LogP contribution is 2.51. The lowest BCUT2D eigenvalue weighted by Crippen LogP contribution is -2.56. The van der Waals surface area contributed by atoms with Gasteiger partial charge < -0.3 is 10.1 Å². The minimum atomic E-state index is -0.238. The third-order valence-electron chi connectivity index (χ3n) is 5.95. The summed E-state index contributed by atoms with van der Waals surface area (Å²) in [6, 6.07) is 7.63. The van der Waals surface area contributed by atoms with Gasteiger partial charge in [0.15, 0.2) is 0 Å².